The number of rotatable bonds is 1. The Morgan fingerprint density at radius 3 is 1.92 bits per heavy atom. The summed E-state index contributed by atoms with van der Waals surface area (Å²) < 4.78 is 0. The van der Waals surface area contributed by atoms with Gasteiger partial charge in [0.2, 0.25) is 0 Å². The van der Waals surface area contributed by atoms with Crippen molar-refractivity contribution >= 4 is 5.78 Å². The molecule has 0 unspecified atom stereocenters. The first-order valence-corrected chi connectivity index (χ1v) is 5.14. The average molecular weight is 165 g/mol. The predicted octanol–water partition coefficient (Wildman–Crippen LogP) is 1.34. The standard InChI is InChI=1S/C10H15NO/c12-10-5-8-3-4-9(6-10)11(8)7-1-2-7/h7-9H,1-6H2/t8-,9-/m0/s1. The number of carbonyl (C=O) groups excluding carboxylic acids is 1. The van der Waals surface area contributed by atoms with Gasteiger partial charge in [-0.15, -0.1) is 0 Å². The maximum atomic E-state index is 11.3. The zero-order valence-corrected chi connectivity index (χ0v) is 7.33. The highest BCUT2D eigenvalue weighted by atomic mass is 16.1. The van der Waals surface area contributed by atoms with E-state index in [1.165, 1.54) is 25.7 Å². The minimum absolute atomic E-state index is 0.513. The van der Waals surface area contributed by atoms with Crippen molar-refractivity contribution in [3.8, 4) is 0 Å². The van der Waals surface area contributed by atoms with Gasteiger partial charge in [-0.3, -0.25) is 9.69 Å². The molecule has 2 heteroatoms. The average Bonchev–Trinajstić information content (AvgIpc) is 2.80. The summed E-state index contributed by atoms with van der Waals surface area (Å²) in [5.74, 6) is 0.513. The van der Waals surface area contributed by atoms with E-state index in [1.54, 1.807) is 0 Å². The summed E-state index contributed by atoms with van der Waals surface area (Å²) in [6.45, 7) is 0. The highest BCUT2D eigenvalue weighted by Gasteiger charge is 2.46. The largest absolute Gasteiger partial charge is 0.300 e. The lowest BCUT2D eigenvalue weighted by molar-refractivity contribution is -0.123. The molecule has 0 aromatic rings. The first-order chi connectivity index (χ1) is 5.84. The second-order valence-electron chi connectivity index (χ2n) is 4.51. The Labute approximate surface area is 72.9 Å². The topological polar surface area (TPSA) is 20.3 Å². The van der Waals surface area contributed by atoms with Crippen molar-refractivity contribution in [2.75, 3.05) is 0 Å². The van der Waals surface area contributed by atoms with E-state index in [9.17, 15) is 4.79 Å². The molecule has 1 aliphatic carbocycles. The lowest BCUT2D eigenvalue weighted by atomic mass is 10.0. The third kappa shape index (κ3) is 0.939. The second-order valence-corrected chi connectivity index (χ2v) is 4.51. The zero-order chi connectivity index (χ0) is 8.13. The van der Waals surface area contributed by atoms with E-state index in [-0.39, 0.29) is 0 Å². The molecule has 2 aliphatic heterocycles. The molecule has 2 saturated heterocycles. The van der Waals surface area contributed by atoms with Crippen LogP contribution in [0, 0.1) is 0 Å². The second kappa shape index (κ2) is 2.32. The zero-order valence-electron chi connectivity index (χ0n) is 7.33. The Balaban J connectivity index is 1.83. The summed E-state index contributed by atoms with van der Waals surface area (Å²) >= 11 is 0. The lowest BCUT2D eigenvalue weighted by Gasteiger charge is -2.33. The number of Topliss-reactive ketones (excluding diaryl/α,β-unsaturated/α-hetero) is 1. The van der Waals surface area contributed by atoms with E-state index >= 15 is 0 Å². The molecule has 3 aliphatic rings. The third-order valence-corrected chi connectivity index (χ3v) is 3.57. The Hall–Kier alpha value is -0.370. The van der Waals surface area contributed by atoms with Crippen LogP contribution in [-0.4, -0.2) is 28.8 Å². The monoisotopic (exact) mass is 165 g/mol. The van der Waals surface area contributed by atoms with Gasteiger partial charge in [-0.2, -0.15) is 0 Å². The fourth-order valence-corrected chi connectivity index (χ4v) is 2.97. The molecule has 0 amide bonds. The van der Waals surface area contributed by atoms with Gasteiger partial charge in [0.1, 0.15) is 5.78 Å². The number of nitrogens with zero attached hydrogens (tertiary/aromatic N) is 1. The normalized spacial score (nSPS) is 42.2. The van der Waals surface area contributed by atoms with Gasteiger partial charge in [-0.05, 0) is 25.7 Å². The summed E-state index contributed by atoms with van der Waals surface area (Å²) in [4.78, 5) is 13.9. The summed E-state index contributed by atoms with van der Waals surface area (Å²) in [6.07, 6.45) is 7.06. The molecule has 66 valence electrons. The molecule has 2 bridgehead atoms. The van der Waals surface area contributed by atoms with E-state index in [2.05, 4.69) is 4.90 Å². The molecule has 12 heavy (non-hydrogen) atoms. The van der Waals surface area contributed by atoms with Crippen molar-refractivity contribution in [2.45, 2.75) is 56.7 Å². The minimum Gasteiger partial charge on any atom is -0.300 e. The van der Waals surface area contributed by atoms with Crippen molar-refractivity contribution in [3.63, 3.8) is 0 Å². The fraction of sp³-hybridized carbons (Fsp3) is 0.900. The van der Waals surface area contributed by atoms with Crippen molar-refractivity contribution < 1.29 is 4.79 Å². The first-order valence-electron chi connectivity index (χ1n) is 5.14. The van der Waals surface area contributed by atoms with E-state index in [4.69, 9.17) is 0 Å². The van der Waals surface area contributed by atoms with Gasteiger partial charge < -0.3 is 0 Å². The molecule has 0 aromatic heterocycles. The maximum Gasteiger partial charge on any atom is 0.136 e. The number of hydrogen-bond acceptors (Lipinski definition) is 2. The number of fused-ring (bicyclic) bond motifs is 2. The smallest absolute Gasteiger partial charge is 0.136 e. The van der Waals surface area contributed by atoms with Gasteiger partial charge in [-0.1, -0.05) is 0 Å². The van der Waals surface area contributed by atoms with E-state index in [0.717, 1.165) is 18.9 Å². The molecule has 0 radical (unpaired) electrons. The van der Waals surface area contributed by atoms with Crippen LogP contribution in [0.5, 0.6) is 0 Å². The van der Waals surface area contributed by atoms with E-state index < -0.39 is 0 Å². The van der Waals surface area contributed by atoms with Crippen LogP contribution in [-0.2, 0) is 4.79 Å². The van der Waals surface area contributed by atoms with E-state index in [1.807, 2.05) is 0 Å². The van der Waals surface area contributed by atoms with Crippen LogP contribution in [0.25, 0.3) is 0 Å². The van der Waals surface area contributed by atoms with Crippen molar-refractivity contribution in [3.05, 3.63) is 0 Å². The summed E-state index contributed by atoms with van der Waals surface area (Å²) in [7, 11) is 0. The number of piperidine rings is 1. The molecule has 0 aromatic carbocycles. The molecule has 0 spiro atoms. The SMILES string of the molecule is O=C1C[C@@H]2CC[C@@H](C1)N2C1CC1. The van der Waals surface area contributed by atoms with E-state index in [0.29, 0.717) is 17.9 Å². The summed E-state index contributed by atoms with van der Waals surface area (Å²) in [5, 5.41) is 0. The van der Waals surface area contributed by atoms with Crippen molar-refractivity contribution in [1.29, 1.82) is 0 Å². The molecular formula is C10H15NO. The van der Waals surface area contributed by atoms with Gasteiger partial charge in [0.25, 0.3) is 0 Å². The van der Waals surface area contributed by atoms with Crippen LogP contribution in [0.1, 0.15) is 38.5 Å². The minimum atomic E-state index is 0.513. The number of ketones is 1. The highest BCUT2D eigenvalue weighted by molar-refractivity contribution is 5.81. The van der Waals surface area contributed by atoms with Gasteiger partial charge in [0.15, 0.2) is 0 Å². The first kappa shape index (κ1) is 7.07. The molecule has 2 nitrogen and oxygen atoms in total. The fourth-order valence-electron chi connectivity index (χ4n) is 2.97. The molecular weight excluding hydrogens is 150 g/mol. The van der Waals surface area contributed by atoms with Gasteiger partial charge in [0, 0.05) is 31.0 Å². The van der Waals surface area contributed by atoms with Crippen molar-refractivity contribution in [1.82, 2.24) is 4.90 Å². The molecule has 0 N–H and O–H groups in total. The lowest BCUT2D eigenvalue weighted by Crippen LogP contribution is -2.44. The third-order valence-electron chi connectivity index (χ3n) is 3.57. The van der Waals surface area contributed by atoms with Crippen LogP contribution in [0.3, 0.4) is 0 Å². The number of carbonyl (C=O) groups is 1. The quantitative estimate of drug-likeness (QED) is 0.584. The Morgan fingerprint density at radius 1 is 0.917 bits per heavy atom. The Morgan fingerprint density at radius 2 is 1.42 bits per heavy atom. The predicted molar refractivity (Wildman–Crippen MR) is 45.9 cm³/mol. The van der Waals surface area contributed by atoms with Crippen molar-refractivity contribution in [2.24, 2.45) is 0 Å². The molecule has 1 saturated carbocycles. The molecule has 3 rings (SSSR count). The Kier molecular flexibility index (Phi) is 1.37. The van der Waals surface area contributed by atoms with Crippen LogP contribution in [0.2, 0.25) is 0 Å². The molecule has 3 fully saturated rings. The van der Waals surface area contributed by atoms with Crippen LogP contribution in [0.4, 0.5) is 0 Å². The highest BCUT2D eigenvalue weighted by Crippen LogP contribution is 2.42. The van der Waals surface area contributed by atoms with Crippen LogP contribution < -0.4 is 0 Å². The maximum absolute atomic E-state index is 11.3. The van der Waals surface area contributed by atoms with Gasteiger partial charge >= 0.3 is 0 Å². The summed E-state index contributed by atoms with van der Waals surface area (Å²) in [5.41, 5.74) is 0. The Bertz CT molecular complexity index is 206. The number of hydrogen-bond donors (Lipinski definition) is 0. The summed E-state index contributed by atoms with van der Waals surface area (Å²) in [6, 6.07) is 2.16. The van der Waals surface area contributed by atoms with Gasteiger partial charge in [-0.25, -0.2) is 0 Å². The van der Waals surface area contributed by atoms with Crippen LogP contribution in [0.15, 0.2) is 0 Å². The van der Waals surface area contributed by atoms with Gasteiger partial charge in [0.05, 0.1) is 0 Å². The molecule has 2 heterocycles. The molecule has 2 atom stereocenters. The van der Waals surface area contributed by atoms with Crippen LogP contribution >= 0.6 is 0 Å².